The zero-order chi connectivity index (χ0) is 98.8. The van der Waals surface area contributed by atoms with E-state index in [-0.39, 0.29) is 108 Å². The number of para-hydroxylation sites is 1. The van der Waals surface area contributed by atoms with E-state index in [0.29, 0.717) is 53.4 Å². The molecule has 45 heteroatoms. The van der Waals surface area contributed by atoms with Crippen LogP contribution >= 0.6 is 23.1 Å². The lowest BCUT2D eigenvalue weighted by Gasteiger charge is -2.36. The molecule has 1 unspecified atom stereocenters. The van der Waals surface area contributed by atoms with Gasteiger partial charge in [0.05, 0.1) is 43.5 Å². The van der Waals surface area contributed by atoms with Gasteiger partial charge in [0.15, 0.2) is 5.96 Å². The van der Waals surface area contributed by atoms with Gasteiger partial charge in [-0.3, -0.25) is 86.9 Å². The van der Waals surface area contributed by atoms with Crippen molar-refractivity contribution in [2.75, 3.05) is 63.7 Å². The van der Waals surface area contributed by atoms with Crippen LogP contribution < -0.4 is 86.3 Å². The fraction of sp³-hybridized carbons (Fsp3) is 0.527. The van der Waals surface area contributed by atoms with Crippen LogP contribution in [-0.4, -0.2) is 300 Å². The van der Waals surface area contributed by atoms with Crippen LogP contribution in [0, 0.1) is 11.3 Å². The number of amides is 17. The van der Waals surface area contributed by atoms with Crippen LogP contribution in [0.15, 0.2) is 103 Å². The largest absolute Gasteiger partial charge is 0.508 e. The number of aliphatic hydroxyl groups excluding tert-OH is 2. The molecule has 136 heavy (non-hydrogen) atoms. The third kappa shape index (κ3) is 28.4. The molecule has 0 radical (unpaired) electrons. The molecule has 736 valence electrons. The number of phenols is 1. The fourth-order valence-electron chi connectivity index (χ4n) is 17.0. The molecule has 6 heterocycles. The number of H-pyrrole nitrogens is 1. The van der Waals surface area contributed by atoms with E-state index in [2.05, 4.69) is 79.1 Å². The number of hydrogen-bond donors (Lipinski definition) is 21. The van der Waals surface area contributed by atoms with Gasteiger partial charge in [-0.15, -0.1) is 23.1 Å². The second kappa shape index (κ2) is 49.3. The number of thiophene rings is 1. The number of aromatic amines is 1. The van der Waals surface area contributed by atoms with Crippen molar-refractivity contribution in [1.29, 1.82) is 5.41 Å². The number of primary amides is 2. The van der Waals surface area contributed by atoms with E-state index in [1.54, 1.807) is 55.6 Å². The van der Waals surface area contributed by atoms with Crippen LogP contribution in [0.25, 0.3) is 10.1 Å². The molecule has 2 aromatic heterocycles. The predicted molar refractivity (Wildman–Crippen MR) is 501 cm³/mol. The summed E-state index contributed by atoms with van der Waals surface area (Å²) in [6, 6.07) is -0.815. The summed E-state index contributed by atoms with van der Waals surface area (Å²) in [5.74, 6) is -19.0. The summed E-state index contributed by atoms with van der Waals surface area (Å²) in [6.45, 7) is 4.75. The Labute approximate surface area is 794 Å². The molecule has 3 aromatic carbocycles. The van der Waals surface area contributed by atoms with Gasteiger partial charge < -0.3 is 126 Å². The summed E-state index contributed by atoms with van der Waals surface area (Å²) < 4.78 is 0.810. The quantitative estimate of drug-likeness (QED) is 0.0165. The first-order valence-electron chi connectivity index (χ1n) is 45.6. The van der Waals surface area contributed by atoms with E-state index >= 15 is 38.4 Å². The number of hydrogen-bond acceptors (Lipinski definition) is 25. The van der Waals surface area contributed by atoms with Gasteiger partial charge in [-0.1, -0.05) is 108 Å². The van der Waals surface area contributed by atoms with Crippen molar-refractivity contribution in [1.82, 2.24) is 93.4 Å². The number of carbonyl (C=O) groups is 17. The Morgan fingerprint density at radius 3 is 1.95 bits per heavy atom. The lowest BCUT2D eigenvalue weighted by molar-refractivity contribution is -0.149. The zero-order valence-electron chi connectivity index (χ0n) is 76.8. The highest BCUT2D eigenvalue weighted by Gasteiger charge is 2.54. The lowest BCUT2D eigenvalue weighted by atomic mass is 9.87. The second-order valence-corrected chi connectivity index (χ2v) is 37.2. The molecule has 0 bridgehead atoms. The molecule has 24 N–H and O–H groups in total. The summed E-state index contributed by atoms with van der Waals surface area (Å²) in [5.41, 5.74) is 17.2. The Hall–Kier alpha value is -13.3. The van der Waals surface area contributed by atoms with Gasteiger partial charge in [-0.05, 0) is 122 Å². The number of thioether (sulfide) groups is 1. The molecule has 1 saturated carbocycles. The van der Waals surface area contributed by atoms with E-state index in [9.17, 15) is 58.5 Å². The summed E-state index contributed by atoms with van der Waals surface area (Å²) in [7, 11) is 2.70. The number of carbonyl (C=O) groups excluding carboxylic acids is 17. The number of aromatic nitrogens is 2. The maximum Gasteiger partial charge on any atom is 0.246 e. The smallest absolute Gasteiger partial charge is 0.246 e. The summed E-state index contributed by atoms with van der Waals surface area (Å²) in [4.78, 5) is 263. The molecule has 1 spiro atoms. The van der Waals surface area contributed by atoms with E-state index in [4.69, 9.17) is 22.6 Å². The van der Waals surface area contributed by atoms with Gasteiger partial charge in [-0.25, -0.2) is 4.98 Å². The molecule has 1 aliphatic carbocycles. The van der Waals surface area contributed by atoms with Crippen molar-refractivity contribution in [3.63, 3.8) is 0 Å². The molecule has 3 saturated heterocycles. The van der Waals surface area contributed by atoms with Gasteiger partial charge >= 0.3 is 0 Å². The van der Waals surface area contributed by atoms with Crippen molar-refractivity contribution < 1.29 is 96.8 Å². The van der Waals surface area contributed by atoms with Crippen LogP contribution in [0.3, 0.4) is 0 Å². The molecule has 4 aliphatic heterocycles. The van der Waals surface area contributed by atoms with Gasteiger partial charge in [0, 0.05) is 87.7 Å². The molecular weight excluding hydrogens is 1800 g/mol. The van der Waals surface area contributed by atoms with Crippen molar-refractivity contribution in [3.8, 4) is 5.75 Å². The Bertz CT molecular complexity index is 5190. The number of guanidine groups is 1. The number of nitrogens with two attached hydrogens (primary N) is 3. The second-order valence-electron chi connectivity index (χ2n) is 35.2. The number of rotatable bonds is 25. The number of aromatic hydroxyl groups is 1. The number of nitrogens with zero attached hydrogens (tertiary/aromatic N) is 5. The molecule has 5 aromatic rings. The highest BCUT2D eigenvalue weighted by atomic mass is 32.2. The van der Waals surface area contributed by atoms with Crippen molar-refractivity contribution in [3.05, 3.63) is 125 Å². The highest BCUT2D eigenvalue weighted by molar-refractivity contribution is 8.00. The highest BCUT2D eigenvalue weighted by Crippen LogP contribution is 2.38. The third-order valence-corrected chi connectivity index (χ3v) is 26.6. The van der Waals surface area contributed by atoms with Crippen LogP contribution in [0.1, 0.15) is 152 Å². The van der Waals surface area contributed by atoms with E-state index in [1.165, 1.54) is 68.4 Å². The van der Waals surface area contributed by atoms with Gasteiger partial charge in [0.2, 0.25) is 100 Å². The maximum atomic E-state index is 15.8. The Morgan fingerprint density at radius 1 is 0.632 bits per heavy atom. The maximum absolute atomic E-state index is 15.8. The Kier molecular flexibility index (Phi) is 38.0. The van der Waals surface area contributed by atoms with E-state index < -0.39 is 247 Å². The summed E-state index contributed by atoms with van der Waals surface area (Å²) in [6.07, 6.45) is 3.88. The van der Waals surface area contributed by atoms with Crippen molar-refractivity contribution in [2.45, 2.75) is 239 Å². The summed E-state index contributed by atoms with van der Waals surface area (Å²) >= 11 is 2.11. The van der Waals surface area contributed by atoms with Gasteiger partial charge in [0.25, 0.3) is 0 Å². The Balaban J connectivity index is 1.02. The summed E-state index contributed by atoms with van der Waals surface area (Å²) in [5, 5.41) is 78.5. The third-order valence-electron chi connectivity index (χ3n) is 24.5. The number of likely N-dealkylation sites (N-methyl/N-ethyl adjacent to an activating group) is 2. The number of imidazole rings is 1. The predicted octanol–water partition coefficient (Wildman–Crippen LogP) is -2.39. The number of fused-ring (bicyclic) bond motifs is 4. The SMILES string of the molecule is CCCC[C@H]1C(=O)N(C)[C@@H](CCCC)C(=O)N[C@@H](CCCNC(=N)N)C(=O)N[C@H](C(=O)NCC(N)=O)CSCC(=O)N[C@@H](Cc2ccc(O)cc2)C(=O)NC2(CC2)C(=O)N[C@@H](CC(N)=O)C(=O)N2CCC[C@H]2C(=O)N[C@@H](Cc2c[nH]cn2)C(=O)N[C@@H](CC(C)C)C(=O)N2C[C@H](O)C[C@H]2C(=O)NC([C@H]2C=CNc3ccccc32)C(=O)N[C@@H](CO)C(=O)N[C@@H](Cc2csc3ccccc23)C(=O)N1C. The molecule has 43 nitrogen and oxygen atoms in total. The minimum absolute atomic E-state index is 0.00594. The molecule has 17 amide bonds. The molecule has 15 atom stereocenters. The number of benzene rings is 3. The lowest BCUT2D eigenvalue weighted by Crippen LogP contribution is -2.62. The zero-order valence-corrected chi connectivity index (χ0v) is 78.4. The first-order valence-corrected chi connectivity index (χ1v) is 47.7. The number of nitrogens with one attached hydrogen (secondary N) is 15. The first-order chi connectivity index (χ1) is 64.9. The normalized spacial score (nSPS) is 25.6. The number of phenolic OH excluding ortho intramolecular Hbond substituents is 1. The molecular formula is C91H125N23O20S2. The minimum atomic E-state index is -1.90. The van der Waals surface area contributed by atoms with Crippen molar-refractivity contribution >= 4 is 145 Å². The van der Waals surface area contributed by atoms with Crippen LogP contribution in [0.2, 0.25) is 0 Å². The van der Waals surface area contributed by atoms with E-state index in [0.717, 1.165) is 36.1 Å². The monoisotopic (exact) mass is 1920 g/mol. The topological polar surface area (TPSA) is 651 Å². The number of unbranched alkanes of at least 4 members (excludes halogenated alkanes) is 2. The Morgan fingerprint density at radius 2 is 1.27 bits per heavy atom. The molecule has 5 aliphatic rings. The standard InChI is InChI=1S/C91H125N23O20S2/c1-7-9-21-67-81(126)102-59(20-15-32-98-90(94)95)77(122)107-66(76(121)99-42-73(93)119)46-135-47-74(120)101-60(36-50-25-27-53(116)28-26-50)80(125)110-91(30-31-91)89(134)108-64(40-72(92)118)86(131)113-34-16-23-68(113)82(127)103-61(38-52-41-96-48-100-52)78(123)104-62(35-49(3)4)87(132)114-43-54(117)39-70(114)83(128)109-75(57-29-33-97-58-19-13-11-18-56(57)58)84(129)106-65(44-115)79(124)105-63(37-51-45-136-71-24-14-12-17-55(51)71)85(130)112(6)69(22-10-8-2)88(133)111(67)5/h11-14,17-19,24-29,33,41,45,48-49,54,57,59-70,75,97,115-117H,7-10,15-16,20-23,30-32,34-40,42-44,46-47H2,1-6H3,(H2,92,118)(H2,93,119)(H,96,100)(H,99,121)(H,101,120)(H,102,126)(H,103,127)(H,104,123)(H,105,124)(H,106,129)(H,107,122)(H,108,134)(H,109,128)(H,110,125)(H4,94,95,98)/t54-,57+,59+,60+,61+,62+,63+,64+,65+,66+,67+,68+,69+,70+,75?/m1/s1. The van der Waals surface area contributed by atoms with Crippen LogP contribution in [0.4, 0.5) is 5.69 Å². The van der Waals surface area contributed by atoms with Crippen molar-refractivity contribution in [2.24, 2.45) is 23.1 Å². The number of anilines is 1. The number of aliphatic hydroxyl groups is 2. The average Bonchev–Trinajstić information content (AvgIpc) is 1.63. The molecule has 10 rings (SSSR count). The first kappa shape index (κ1) is 105. The molecule has 4 fully saturated rings. The van der Waals surface area contributed by atoms with Crippen LogP contribution in [-0.2, 0) is 101 Å². The fourth-order valence-corrected chi connectivity index (χ4v) is 18.9. The van der Waals surface area contributed by atoms with E-state index in [1.807, 2.05) is 32.0 Å². The minimum Gasteiger partial charge on any atom is -0.508 e. The van der Waals surface area contributed by atoms with Gasteiger partial charge in [0.1, 0.15) is 89.8 Å². The average molecular weight is 1930 g/mol. The van der Waals surface area contributed by atoms with Gasteiger partial charge in [-0.2, -0.15) is 0 Å². The van der Waals surface area contributed by atoms with Crippen LogP contribution in [0.5, 0.6) is 5.75 Å².